The van der Waals surface area contributed by atoms with Crippen LogP contribution in [-0.4, -0.2) is 24.1 Å². The number of piperidine rings is 1. The third kappa shape index (κ3) is 2.55. The molecule has 3 nitrogen and oxygen atoms in total. The Morgan fingerprint density at radius 3 is 2.75 bits per heavy atom. The molecule has 0 radical (unpaired) electrons. The fourth-order valence-corrected chi connectivity index (χ4v) is 2.75. The Bertz CT molecular complexity index is 346. The van der Waals surface area contributed by atoms with Gasteiger partial charge in [-0.3, -0.25) is 0 Å². The van der Waals surface area contributed by atoms with Gasteiger partial charge in [-0.1, -0.05) is 0 Å². The predicted octanol–water partition coefficient (Wildman–Crippen LogP) is 2.41. The molecule has 1 aliphatic rings. The van der Waals surface area contributed by atoms with Gasteiger partial charge in [0.25, 0.3) is 0 Å². The van der Waals surface area contributed by atoms with Crippen molar-refractivity contribution in [1.82, 2.24) is 4.98 Å². The van der Waals surface area contributed by atoms with Crippen molar-refractivity contribution in [3.63, 3.8) is 0 Å². The van der Waals surface area contributed by atoms with E-state index in [0.717, 1.165) is 23.4 Å². The highest BCUT2D eigenvalue weighted by Crippen LogP contribution is 2.28. The summed E-state index contributed by atoms with van der Waals surface area (Å²) in [5.74, 6) is 1.73. The molecule has 1 aliphatic heterocycles. The van der Waals surface area contributed by atoms with Gasteiger partial charge >= 0.3 is 0 Å². The van der Waals surface area contributed by atoms with Crippen molar-refractivity contribution in [1.29, 1.82) is 0 Å². The summed E-state index contributed by atoms with van der Waals surface area (Å²) >= 11 is 3.55. The number of anilines is 1. The Morgan fingerprint density at radius 2 is 2.19 bits per heavy atom. The van der Waals surface area contributed by atoms with Gasteiger partial charge in [-0.25, -0.2) is 4.98 Å². The molecule has 1 aromatic rings. The minimum atomic E-state index is 0.314. The smallest absolute Gasteiger partial charge is 0.142 e. The van der Waals surface area contributed by atoms with E-state index in [4.69, 9.17) is 5.73 Å². The minimum absolute atomic E-state index is 0.314. The van der Waals surface area contributed by atoms with Crippen molar-refractivity contribution in [2.24, 2.45) is 11.7 Å². The fourth-order valence-electron chi connectivity index (χ4n) is 2.25. The lowest BCUT2D eigenvalue weighted by molar-refractivity contribution is 0.353. The number of pyridine rings is 1. The van der Waals surface area contributed by atoms with Gasteiger partial charge in [-0.15, -0.1) is 0 Å². The standard InChI is InChI=1S/C12H18BrN3/c1-9(14)10-4-7-16(8-5-10)12-11(13)3-2-6-15-12/h2-3,6,9-10H,4-5,7-8,14H2,1H3. The van der Waals surface area contributed by atoms with Crippen molar-refractivity contribution >= 4 is 21.7 Å². The minimum Gasteiger partial charge on any atom is -0.356 e. The number of halogens is 1. The number of nitrogens with zero attached hydrogens (tertiary/aromatic N) is 2. The first-order valence-corrected chi connectivity index (χ1v) is 6.59. The molecule has 1 saturated heterocycles. The second-order valence-electron chi connectivity index (χ2n) is 4.49. The summed E-state index contributed by atoms with van der Waals surface area (Å²) in [5, 5.41) is 0. The zero-order valence-electron chi connectivity index (χ0n) is 9.56. The molecular weight excluding hydrogens is 266 g/mol. The maximum Gasteiger partial charge on any atom is 0.142 e. The monoisotopic (exact) mass is 283 g/mol. The quantitative estimate of drug-likeness (QED) is 0.906. The lowest BCUT2D eigenvalue weighted by atomic mass is 9.91. The Balaban J connectivity index is 2.02. The number of nitrogens with two attached hydrogens (primary N) is 1. The molecule has 2 rings (SSSR count). The Labute approximate surface area is 105 Å². The normalized spacial score (nSPS) is 19.8. The molecule has 2 heterocycles. The van der Waals surface area contributed by atoms with Crippen molar-refractivity contribution in [3.05, 3.63) is 22.8 Å². The van der Waals surface area contributed by atoms with Crippen LogP contribution in [0, 0.1) is 5.92 Å². The lowest BCUT2D eigenvalue weighted by Crippen LogP contribution is -2.40. The van der Waals surface area contributed by atoms with Crippen LogP contribution in [0.2, 0.25) is 0 Å². The first-order valence-electron chi connectivity index (χ1n) is 5.79. The summed E-state index contributed by atoms with van der Waals surface area (Å²) in [6.07, 6.45) is 4.18. The molecule has 2 N–H and O–H groups in total. The average molecular weight is 284 g/mol. The molecule has 4 heteroatoms. The van der Waals surface area contributed by atoms with E-state index in [1.54, 1.807) is 0 Å². The number of rotatable bonds is 2. The zero-order valence-corrected chi connectivity index (χ0v) is 11.2. The van der Waals surface area contributed by atoms with Gasteiger partial charge in [0.05, 0.1) is 4.47 Å². The number of hydrogen-bond donors (Lipinski definition) is 1. The third-order valence-corrected chi connectivity index (χ3v) is 3.94. The van der Waals surface area contributed by atoms with Crippen molar-refractivity contribution in [2.75, 3.05) is 18.0 Å². The van der Waals surface area contributed by atoms with Gasteiger partial charge in [0, 0.05) is 25.3 Å². The van der Waals surface area contributed by atoms with E-state index in [9.17, 15) is 0 Å². The van der Waals surface area contributed by atoms with Crippen LogP contribution in [0.15, 0.2) is 22.8 Å². The van der Waals surface area contributed by atoms with Crippen LogP contribution in [0.5, 0.6) is 0 Å². The summed E-state index contributed by atoms with van der Waals surface area (Å²) in [4.78, 5) is 6.76. The highest BCUT2D eigenvalue weighted by molar-refractivity contribution is 9.10. The highest BCUT2D eigenvalue weighted by atomic mass is 79.9. The first kappa shape index (κ1) is 11.9. The molecule has 0 bridgehead atoms. The van der Waals surface area contributed by atoms with Crippen molar-refractivity contribution in [2.45, 2.75) is 25.8 Å². The second kappa shape index (κ2) is 5.15. The van der Waals surface area contributed by atoms with Crippen LogP contribution in [0.4, 0.5) is 5.82 Å². The van der Waals surface area contributed by atoms with Crippen molar-refractivity contribution < 1.29 is 0 Å². The summed E-state index contributed by atoms with van der Waals surface area (Å²) in [5.41, 5.74) is 5.94. The lowest BCUT2D eigenvalue weighted by Gasteiger charge is -2.34. The molecule has 1 unspecified atom stereocenters. The summed E-state index contributed by atoms with van der Waals surface area (Å²) in [7, 11) is 0. The van der Waals surface area contributed by atoms with Gasteiger partial charge in [-0.2, -0.15) is 0 Å². The Morgan fingerprint density at radius 1 is 1.50 bits per heavy atom. The highest BCUT2D eigenvalue weighted by Gasteiger charge is 2.23. The molecule has 1 fully saturated rings. The molecule has 16 heavy (non-hydrogen) atoms. The average Bonchev–Trinajstić information content (AvgIpc) is 2.30. The van der Waals surface area contributed by atoms with E-state index in [1.807, 2.05) is 18.3 Å². The van der Waals surface area contributed by atoms with E-state index >= 15 is 0 Å². The molecule has 1 aromatic heterocycles. The van der Waals surface area contributed by atoms with Crippen LogP contribution in [0.3, 0.4) is 0 Å². The molecule has 1 atom stereocenters. The van der Waals surface area contributed by atoms with E-state index in [1.165, 1.54) is 12.8 Å². The maximum atomic E-state index is 5.94. The second-order valence-corrected chi connectivity index (χ2v) is 5.35. The van der Waals surface area contributed by atoms with Crippen molar-refractivity contribution in [3.8, 4) is 0 Å². The Hall–Kier alpha value is -0.610. The van der Waals surface area contributed by atoms with Gasteiger partial charge < -0.3 is 10.6 Å². The first-order chi connectivity index (χ1) is 7.68. The van der Waals surface area contributed by atoms with E-state index in [0.29, 0.717) is 12.0 Å². The number of hydrogen-bond acceptors (Lipinski definition) is 3. The van der Waals surface area contributed by atoms with Gasteiger partial charge in [0.1, 0.15) is 5.82 Å². The molecular formula is C12H18BrN3. The molecule has 0 saturated carbocycles. The van der Waals surface area contributed by atoms with Gasteiger partial charge in [0.2, 0.25) is 0 Å². The summed E-state index contributed by atoms with van der Waals surface area (Å²) in [6, 6.07) is 4.30. The van der Waals surface area contributed by atoms with E-state index < -0.39 is 0 Å². The fraction of sp³-hybridized carbons (Fsp3) is 0.583. The molecule has 0 spiro atoms. The van der Waals surface area contributed by atoms with E-state index in [-0.39, 0.29) is 0 Å². The van der Waals surface area contributed by atoms with Crippen LogP contribution < -0.4 is 10.6 Å². The largest absolute Gasteiger partial charge is 0.356 e. The zero-order chi connectivity index (χ0) is 11.5. The maximum absolute atomic E-state index is 5.94. The van der Waals surface area contributed by atoms with Gasteiger partial charge in [-0.05, 0) is 53.7 Å². The van der Waals surface area contributed by atoms with Gasteiger partial charge in [0.15, 0.2) is 0 Å². The molecule has 0 aromatic carbocycles. The third-order valence-electron chi connectivity index (χ3n) is 3.32. The molecule has 0 aliphatic carbocycles. The SMILES string of the molecule is CC(N)C1CCN(c2ncccc2Br)CC1. The van der Waals surface area contributed by atoms with Crippen LogP contribution in [0.25, 0.3) is 0 Å². The van der Waals surface area contributed by atoms with Crippen LogP contribution in [0.1, 0.15) is 19.8 Å². The summed E-state index contributed by atoms with van der Waals surface area (Å²) in [6.45, 7) is 4.22. The Kier molecular flexibility index (Phi) is 3.82. The van der Waals surface area contributed by atoms with E-state index in [2.05, 4.69) is 32.7 Å². The van der Waals surface area contributed by atoms with Crippen LogP contribution >= 0.6 is 15.9 Å². The summed E-state index contributed by atoms with van der Waals surface area (Å²) < 4.78 is 1.08. The molecule has 0 amide bonds. The molecule has 88 valence electrons. The topological polar surface area (TPSA) is 42.1 Å². The van der Waals surface area contributed by atoms with Crippen LogP contribution in [-0.2, 0) is 0 Å². The predicted molar refractivity (Wildman–Crippen MR) is 70.5 cm³/mol. The number of aromatic nitrogens is 1.